The molecule has 0 aliphatic carbocycles. The van der Waals surface area contributed by atoms with Crippen molar-refractivity contribution in [1.82, 2.24) is 0 Å². The van der Waals surface area contributed by atoms with Crippen LogP contribution in [0.1, 0.15) is 0 Å². The van der Waals surface area contributed by atoms with Crippen molar-refractivity contribution in [3.05, 3.63) is 24.3 Å². The number of nitrogen functional groups attached to an aromatic ring is 1. The Kier molecular flexibility index (Phi) is 3.90. The van der Waals surface area contributed by atoms with Crippen molar-refractivity contribution >= 4 is 17.4 Å². The molecule has 0 saturated carbocycles. The second kappa shape index (κ2) is 5.24. The van der Waals surface area contributed by atoms with Crippen LogP contribution in [-0.4, -0.2) is 45.7 Å². The van der Waals surface area contributed by atoms with Crippen molar-refractivity contribution in [2.75, 3.05) is 12.3 Å². The van der Waals surface area contributed by atoms with Gasteiger partial charge in [0.1, 0.15) is 23.7 Å². The summed E-state index contributed by atoms with van der Waals surface area (Å²) in [4.78, 5) is 0.881. The van der Waals surface area contributed by atoms with Crippen molar-refractivity contribution in [3.63, 3.8) is 0 Å². The molecule has 1 heterocycles. The zero-order chi connectivity index (χ0) is 12.4. The summed E-state index contributed by atoms with van der Waals surface area (Å²) >= 11 is 1.29. The van der Waals surface area contributed by atoms with Gasteiger partial charge in [-0.05, 0) is 24.3 Å². The number of nitrogens with two attached hydrogens (primary N) is 1. The largest absolute Gasteiger partial charge is 0.399 e. The molecule has 6 heteroatoms. The van der Waals surface area contributed by atoms with Gasteiger partial charge < -0.3 is 25.8 Å². The van der Waals surface area contributed by atoms with Gasteiger partial charge in [0, 0.05) is 10.6 Å². The number of aliphatic hydroxyl groups is 3. The Hall–Kier alpha value is -0.790. The van der Waals surface area contributed by atoms with E-state index < -0.39 is 23.7 Å². The molecule has 0 spiro atoms. The summed E-state index contributed by atoms with van der Waals surface area (Å²) in [6, 6.07) is 7.13. The third kappa shape index (κ3) is 2.91. The van der Waals surface area contributed by atoms with E-state index in [4.69, 9.17) is 10.5 Å². The second-order valence-electron chi connectivity index (χ2n) is 3.94. The van der Waals surface area contributed by atoms with Gasteiger partial charge in [0.2, 0.25) is 0 Å². The fraction of sp³-hybridized carbons (Fsp3) is 0.455. The molecule has 17 heavy (non-hydrogen) atoms. The number of thioether (sulfide) groups is 1. The molecule has 1 unspecified atom stereocenters. The van der Waals surface area contributed by atoms with E-state index in [-0.39, 0.29) is 6.61 Å². The van der Waals surface area contributed by atoms with Crippen LogP contribution in [0.5, 0.6) is 0 Å². The summed E-state index contributed by atoms with van der Waals surface area (Å²) in [5, 5.41) is 28.6. The van der Waals surface area contributed by atoms with E-state index in [2.05, 4.69) is 0 Å². The SMILES string of the molecule is Nc1ccc(S[C@@H]2OC[C@@H](O)[C@@H](O)C2O)cc1. The maximum Gasteiger partial charge on any atom is 0.136 e. The molecule has 94 valence electrons. The minimum atomic E-state index is -1.17. The van der Waals surface area contributed by atoms with Crippen LogP contribution in [-0.2, 0) is 4.74 Å². The first-order valence-electron chi connectivity index (χ1n) is 5.26. The minimum Gasteiger partial charge on any atom is -0.399 e. The molecule has 1 saturated heterocycles. The molecule has 5 N–H and O–H groups in total. The lowest BCUT2D eigenvalue weighted by atomic mass is 10.1. The number of ether oxygens (including phenoxy) is 1. The maximum absolute atomic E-state index is 9.74. The van der Waals surface area contributed by atoms with Gasteiger partial charge in [0.15, 0.2) is 0 Å². The van der Waals surface area contributed by atoms with Crippen LogP contribution in [0.4, 0.5) is 5.69 Å². The standard InChI is InChI=1S/C11H15NO4S/c12-6-1-3-7(4-2-6)17-11-10(15)9(14)8(13)5-16-11/h1-4,8-11,13-15H,5,12H2/t8-,9-,10?,11+/m1/s1. The fourth-order valence-corrected chi connectivity index (χ4v) is 2.57. The molecule has 1 aromatic carbocycles. The molecule has 1 aromatic rings. The highest BCUT2D eigenvalue weighted by molar-refractivity contribution is 7.99. The van der Waals surface area contributed by atoms with Gasteiger partial charge in [-0.1, -0.05) is 11.8 Å². The molecular formula is C11H15NO4S. The zero-order valence-corrected chi connectivity index (χ0v) is 9.88. The number of rotatable bonds is 2. The van der Waals surface area contributed by atoms with Crippen LogP contribution >= 0.6 is 11.8 Å². The third-order valence-electron chi connectivity index (χ3n) is 2.59. The molecule has 0 bridgehead atoms. The Morgan fingerprint density at radius 3 is 2.41 bits per heavy atom. The van der Waals surface area contributed by atoms with Gasteiger partial charge in [0.25, 0.3) is 0 Å². The number of benzene rings is 1. The minimum absolute atomic E-state index is 0.0187. The first-order valence-corrected chi connectivity index (χ1v) is 6.14. The Labute approximate surface area is 103 Å². The van der Waals surface area contributed by atoms with Crippen LogP contribution in [0.25, 0.3) is 0 Å². The monoisotopic (exact) mass is 257 g/mol. The van der Waals surface area contributed by atoms with Crippen LogP contribution in [0.2, 0.25) is 0 Å². The molecule has 5 nitrogen and oxygen atoms in total. The molecule has 1 fully saturated rings. The molecule has 0 radical (unpaired) electrons. The zero-order valence-electron chi connectivity index (χ0n) is 9.06. The van der Waals surface area contributed by atoms with Crippen molar-refractivity contribution in [3.8, 4) is 0 Å². The number of aliphatic hydroxyl groups excluding tert-OH is 3. The lowest BCUT2D eigenvalue weighted by Gasteiger charge is -2.34. The number of hydrogen-bond donors (Lipinski definition) is 4. The fourth-order valence-electron chi connectivity index (χ4n) is 1.56. The third-order valence-corrected chi connectivity index (χ3v) is 3.78. The van der Waals surface area contributed by atoms with Gasteiger partial charge in [-0.25, -0.2) is 0 Å². The Bertz CT molecular complexity index is 372. The summed E-state index contributed by atoms with van der Waals surface area (Å²) in [5.74, 6) is 0. The van der Waals surface area contributed by atoms with Crippen LogP contribution in [0, 0.1) is 0 Å². The topological polar surface area (TPSA) is 95.9 Å². The van der Waals surface area contributed by atoms with Crippen LogP contribution < -0.4 is 5.73 Å². The van der Waals surface area contributed by atoms with E-state index in [9.17, 15) is 15.3 Å². The summed E-state index contributed by atoms with van der Waals surface area (Å²) in [5.41, 5.74) is 5.64. The highest BCUT2D eigenvalue weighted by Crippen LogP contribution is 2.31. The first-order chi connectivity index (χ1) is 8.08. The molecule has 0 amide bonds. The predicted octanol–water partition coefficient (Wildman–Crippen LogP) is -0.200. The molecule has 2 rings (SSSR count). The maximum atomic E-state index is 9.74. The quantitative estimate of drug-likeness (QED) is 0.548. The van der Waals surface area contributed by atoms with Crippen molar-refractivity contribution in [1.29, 1.82) is 0 Å². The summed E-state index contributed by atoms with van der Waals surface area (Å²) in [7, 11) is 0. The molecule has 0 aromatic heterocycles. The van der Waals surface area contributed by atoms with E-state index in [0.717, 1.165) is 4.90 Å². The predicted molar refractivity (Wildman–Crippen MR) is 64.5 cm³/mol. The lowest BCUT2D eigenvalue weighted by Crippen LogP contribution is -2.51. The van der Waals surface area contributed by atoms with Crippen molar-refractivity contribution in [2.45, 2.75) is 28.6 Å². The smallest absolute Gasteiger partial charge is 0.136 e. The molecule has 1 aliphatic rings. The average Bonchev–Trinajstić information content (AvgIpc) is 2.33. The molecular weight excluding hydrogens is 242 g/mol. The summed E-state index contributed by atoms with van der Waals surface area (Å²) < 4.78 is 5.28. The Morgan fingerprint density at radius 2 is 1.76 bits per heavy atom. The van der Waals surface area contributed by atoms with Gasteiger partial charge in [-0.2, -0.15) is 0 Å². The van der Waals surface area contributed by atoms with E-state index in [1.54, 1.807) is 12.1 Å². The van der Waals surface area contributed by atoms with Gasteiger partial charge in [-0.15, -0.1) is 0 Å². The normalized spacial score (nSPS) is 33.6. The van der Waals surface area contributed by atoms with Crippen molar-refractivity contribution < 1.29 is 20.1 Å². The van der Waals surface area contributed by atoms with Crippen LogP contribution in [0.15, 0.2) is 29.2 Å². The summed E-state index contributed by atoms with van der Waals surface area (Å²) in [6.45, 7) is 0.0187. The Morgan fingerprint density at radius 1 is 1.12 bits per heavy atom. The van der Waals surface area contributed by atoms with Crippen LogP contribution in [0.3, 0.4) is 0 Å². The lowest BCUT2D eigenvalue weighted by molar-refractivity contribution is -0.161. The average molecular weight is 257 g/mol. The second-order valence-corrected chi connectivity index (χ2v) is 5.11. The van der Waals surface area contributed by atoms with E-state index >= 15 is 0 Å². The van der Waals surface area contributed by atoms with Gasteiger partial charge in [-0.3, -0.25) is 0 Å². The molecule has 1 aliphatic heterocycles. The summed E-state index contributed by atoms with van der Waals surface area (Å²) in [6.07, 6.45) is -3.32. The molecule has 4 atom stereocenters. The highest BCUT2D eigenvalue weighted by Gasteiger charge is 2.37. The van der Waals surface area contributed by atoms with E-state index in [1.165, 1.54) is 11.8 Å². The van der Waals surface area contributed by atoms with E-state index in [1.807, 2.05) is 12.1 Å². The van der Waals surface area contributed by atoms with Gasteiger partial charge in [0.05, 0.1) is 6.61 Å². The number of hydrogen-bond acceptors (Lipinski definition) is 6. The number of anilines is 1. The van der Waals surface area contributed by atoms with Gasteiger partial charge >= 0.3 is 0 Å². The van der Waals surface area contributed by atoms with Crippen molar-refractivity contribution in [2.24, 2.45) is 0 Å². The van der Waals surface area contributed by atoms with E-state index in [0.29, 0.717) is 5.69 Å². The first kappa shape index (κ1) is 12.7. The highest BCUT2D eigenvalue weighted by atomic mass is 32.2. The Balaban J connectivity index is 2.01.